The average Bonchev–Trinajstić information content (AvgIpc) is 2.19. The molecule has 0 atom stereocenters. The van der Waals surface area contributed by atoms with Crippen LogP contribution in [0.2, 0.25) is 0 Å². The van der Waals surface area contributed by atoms with Gasteiger partial charge in [0.25, 0.3) is 0 Å². The molecule has 1 aromatic carbocycles. The molecule has 1 N–H and O–H groups in total. The van der Waals surface area contributed by atoms with E-state index in [0.717, 1.165) is 24.0 Å². The number of aromatic hydroxyl groups is 1. The Bertz CT molecular complexity index is 321. The molecule has 90 valence electrons. The van der Waals surface area contributed by atoms with Crippen LogP contribution in [0.4, 0.5) is 0 Å². The number of phenols is 1. The molecule has 1 heteroatoms. The lowest BCUT2D eigenvalue weighted by Crippen LogP contribution is -1.98. The SMILES string of the molecule is CCCc1cc(C(C)C)c(O)c(C(C)C)c1. The maximum Gasteiger partial charge on any atom is 0.122 e. The normalized spacial score (nSPS) is 11.4. The van der Waals surface area contributed by atoms with Crippen molar-refractivity contribution >= 4 is 0 Å². The van der Waals surface area contributed by atoms with Gasteiger partial charge >= 0.3 is 0 Å². The first kappa shape index (κ1) is 13.1. The Labute approximate surface area is 99.5 Å². The van der Waals surface area contributed by atoms with E-state index >= 15 is 0 Å². The fraction of sp³-hybridized carbons (Fsp3) is 0.600. The van der Waals surface area contributed by atoms with Crippen molar-refractivity contribution in [2.75, 3.05) is 0 Å². The quantitative estimate of drug-likeness (QED) is 0.786. The van der Waals surface area contributed by atoms with E-state index in [2.05, 4.69) is 46.8 Å². The smallest absolute Gasteiger partial charge is 0.122 e. The van der Waals surface area contributed by atoms with Crippen molar-refractivity contribution in [3.63, 3.8) is 0 Å². The highest BCUT2D eigenvalue weighted by Crippen LogP contribution is 2.34. The van der Waals surface area contributed by atoms with Crippen molar-refractivity contribution < 1.29 is 5.11 Å². The third kappa shape index (κ3) is 2.78. The Kier molecular flexibility index (Phi) is 4.40. The fourth-order valence-corrected chi connectivity index (χ4v) is 2.06. The summed E-state index contributed by atoms with van der Waals surface area (Å²) >= 11 is 0. The Morgan fingerprint density at radius 3 is 1.75 bits per heavy atom. The van der Waals surface area contributed by atoms with Crippen molar-refractivity contribution in [1.29, 1.82) is 0 Å². The first-order valence-corrected chi connectivity index (χ1v) is 6.33. The molecular formula is C15H24O. The van der Waals surface area contributed by atoms with Crippen LogP contribution in [-0.2, 0) is 6.42 Å². The summed E-state index contributed by atoms with van der Waals surface area (Å²) in [6, 6.07) is 4.32. The molecule has 0 saturated heterocycles. The van der Waals surface area contributed by atoms with Crippen LogP contribution in [0.15, 0.2) is 12.1 Å². The number of aryl methyl sites for hydroxylation is 1. The third-order valence-electron chi connectivity index (χ3n) is 3.01. The summed E-state index contributed by atoms with van der Waals surface area (Å²) in [4.78, 5) is 0. The van der Waals surface area contributed by atoms with Crippen molar-refractivity contribution in [3.05, 3.63) is 28.8 Å². The minimum atomic E-state index is 0.384. The van der Waals surface area contributed by atoms with E-state index in [1.807, 2.05) is 0 Å². The second kappa shape index (κ2) is 5.38. The van der Waals surface area contributed by atoms with Crippen molar-refractivity contribution in [3.8, 4) is 5.75 Å². The van der Waals surface area contributed by atoms with Crippen molar-refractivity contribution in [2.24, 2.45) is 0 Å². The Morgan fingerprint density at radius 1 is 1.00 bits per heavy atom. The molecule has 0 radical (unpaired) electrons. The fourth-order valence-electron chi connectivity index (χ4n) is 2.06. The zero-order chi connectivity index (χ0) is 12.3. The molecule has 0 bridgehead atoms. The largest absolute Gasteiger partial charge is 0.507 e. The standard InChI is InChI=1S/C15H24O/c1-6-7-12-8-13(10(2)3)15(16)14(9-12)11(4)5/h8-11,16H,6-7H2,1-5H3. The van der Waals surface area contributed by atoms with E-state index in [4.69, 9.17) is 0 Å². The van der Waals surface area contributed by atoms with E-state index in [1.54, 1.807) is 0 Å². The molecule has 0 heterocycles. The Balaban J connectivity index is 3.27. The molecule has 1 nitrogen and oxygen atoms in total. The number of hydrogen-bond acceptors (Lipinski definition) is 1. The lowest BCUT2D eigenvalue weighted by molar-refractivity contribution is 0.454. The van der Waals surface area contributed by atoms with Gasteiger partial charge in [0.1, 0.15) is 5.75 Å². The number of phenolic OH excluding ortho intramolecular Hbond substituents is 1. The third-order valence-corrected chi connectivity index (χ3v) is 3.01. The van der Waals surface area contributed by atoms with E-state index < -0.39 is 0 Å². The highest BCUT2D eigenvalue weighted by atomic mass is 16.3. The molecule has 0 aromatic heterocycles. The van der Waals surface area contributed by atoms with Crippen molar-refractivity contribution in [2.45, 2.75) is 59.3 Å². The molecule has 16 heavy (non-hydrogen) atoms. The van der Waals surface area contributed by atoms with Crippen LogP contribution in [0.25, 0.3) is 0 Å². The molecule has 0 aliphatic heterocycles. The average molecular weight is 220 g/mol. The molecule has 0 aliphatic carbocycles. The second-order valence-electron chi connectivity index (χ2n) is 5.18. The van der Waals surface area contributed by atoms with E-state index in [9.17, 15) is 5.11 Å². The zero-order valence-electron chi connectivity index (χ0n) is 11.2. The molecule has 0 spiro atoms. The molecule has 1 rings (SSSR count). The lowest BCUT2D eigenvalue weighted by atomic mass is 9.90. The van der Waals surface area contributed by atoms with Gasteiger partial charge in [-0.1, -0.05) is 53.2 Å². The van der Waals surface area contributed by atoms with Crippen LogP contribution in [0.5, 0.6) is 5.75 Å². The molecule has 0 saturated carbocycles. The minimum Gasteiger partial charge on any atom is -0.507 e. The number of hydrogen-bond donors (Lipinski definition) is 1. The van der Waals surface area contributed by atoms with Gasteiger partial charge in [-0.3, -0.25) is 0 Å². The molecular weight excluding hydrogens is 196 g/mol. The topological polar surface area (TPSA) is 20.2 Å². The van der Waals surface area contributed by atoms with Crippen LogP contribution < -0.4 is 0 Å². The predicted molar refractivity (Wildman–Crippen MR) is 70.3 cm³/mol. The lowest BCUT2D eigenvalue weighted by Gasteiger charge is -2.17. The van der Waals surface area contributed by atoms with Gasteiger partial charge in [0.05, 0.1) is 0 Å². The van der Waals surface area contributed by atoms with Crippen LogP contribution >= 0.6 is 0 Å². The summed E-state index contributed by atoms with van der Waals surface area (Å²) in [6.07, 6.45) is 2.25. The maximum atomic E-state index is 10.2. The Morgan fingerprint density at radius 2 is 1.44 bits per heavy atom. The zero-order valence-corrected chi connectivity index (χ0v) is 11.2. The summed E-state index contributed by atoms with van der Waals surface area (Å²) in [5, 5.41) is 10.2. The van der Waals surface area contributed by atoms with Crippen LogP contribution in [0.1, 0.15) is 69.6 Å². The summed E-state index contributed by atoms with van der Waals surface area (Å²) < 4.78 is 0. The second-order valence-corrected chi connectivity index (χ2v) is 5.18. The van der Waals surface area contributed by atoms with Gasteiger partial charge in [-0.25, -0.2) is 0 Å². The van der Waals surface area contributed by atoms with Crippen LogP contribution in [0, 0.1) is 0 Å². The van der Waals surface area contributed by atoms with Gasteiger partial charge in [-0.15, -0.1) is 0 Å². The summed E-state index contributed by atoms with van der Waals surface area (Å²) in [6.45, 7) is 10.7. The first-order chi connectivity index (χ1) is 7.47. The van der Waals surface area contributed by atoms with E-state index in [1.165, 1.54) is 5.56 Å². The summed E-state index contributed by atoms with van der Waals surface area (Å²) in [5.41, 5.74) is 3.54. The van der Waals surface area contributed by atoms with Crippen molar-refractivity contribution in [1.82, 2.24) is 0 Å². The van der Waals surface area contributed by atoms with Gasteiger partial charge in [0, 0.05) is 0 Å². The predicted octanol–water partition coefficient (Wildman–Crippen LogP) is 4.59. The highest BCUT2D eigenvalue weighted by Gasteiger charge is 2.14. The van der Waals surface area contributed by atoms with Gasteiger partial charge in [-0.2, -0.15) is 0 Å². The van der Waals surface area contributed by atoms with Gasteiger partial charge in [0.15, 0.2) is 0 Å². The molecule has 0 fully saturated rings. The van der Waals surface area contributed by atoms with Gasteiger partial charge < -0.3 is 5.11 Å². The van der Waals surface area contributed by atoms with Crippen LogP contribution in [0.3, 0.4) is 0 Å². The maximum absolute atomic E-state index is 10.2. The summed E-state index contributed by atoms with van der Waals surface area (Å²) in [5.74, 6) is 1.27. The first-order valence-electron chi connectivity index (χ1n) is 6.33. The van der Waals surface area contributed by atoms with E-state index in [-0.39, 0.29) is 0 Å². The van der Waals surface area contributed by atoms with Crippen LogP contribution in [-0.4, -0.2) is 5.11 Å². The molecule has 0 unspecified atom stereocenters. The van der Waals surface area contributed by atoms with E-state index in [0.29, 0.717) is 17.6 Å². The molecule has 0 aliphatic rings. The summed E-state index contributed by atoms with van der Waals surface area (Å²) in [7, 11) is 0. The monoisotopic (exact) mass is 220 g/mol. The Hall–Kier alpha value is -0.980. The number of benzene rings is 1. The van der Waals surface area contributed by atoms with Gasteiger partial charge in [-0.05, 0) is 34.9 Å². The molecule has 0 amide bonds. The highest BCUT2D eigenvalue weighted by molar-refractivity contribution is 5.46. The minimum absolute atomic E-state index is 0.384. The number of rotatable bonds is 4. The van der Waals surface area contributed by atoms with Gasteiger partial charge in [0.2, 0.25) is 0 Å². The molecule has 1 aromatic rings.